The minimum Gasteiger partial charge on any atom is -0.496 e. The molecular formula is C17H22N2O2S. The minimum atomic E-state index is -0.103. The third kappa shape index (κ3) is 3.16. The highest BCUT2D eigenvalue weighted by atomic mass is 32.1. The van der Waals surface area contributed by atoms with Crippen molar-refractivity contribution in [3.05, 3.63) is 35.3 Å². The number of rotatable bonds is 6. The molecule has 1 aliphatic rings. The van der Waals surface area contributed by atoms with Crippen LogP contribution in [0.1, 0.15) is 31.4 Å². The maximum atomic E-state index is 9.65. The van der Waals surface area contributed by atoms with Crippen molar-refractivity contribution in [1.82, 2.24) is 10.3 Å². The van der Waals surface area contributed by atoms with E-state index < -0.39 is 0 Å². The molecule has 0 spiro atoms. The lowest BCUT2D eigenvalue weighted by molar-refractivity contribution is 0.162. The van der Waals surface area contributed by atoms with Crippen molar-refractivity contribution in [3.63, 3.8) is 0 Å². The lowest BCUT2D eigenvalue weighted by Crippen LogP contribution is -2.45. The first-order valence-corrected chi connectivity index (χ1v) is 8.58. The largest absolute Gasteiger partial charge is 0.496 e. The molecule has 4 nitrogen and oxygen atoms in total. The highest BCUT2D eigenvalue weighted by molar-refractivity contribution is 7.13. The summed E-state index contributed by atoms with van der Waals surface area (Å²) in [5.41, 5.74) is 1.94. The molecule has 0 amide bonds. The topological polar surface area (TPSA) is 54.4 Å². The summed E-state index contributed by atoms with van der Waals surface area (Å²) in [6, 6.07) is 7.94. The van der Waals surface area contributed by atoms with E-state index in [1.165, 1.54) is 12.8 Å². The van der Waals surface area contributed by atoms with E-state index in [2.05, 4.69) is 10.7 Å². The van der Waals surface area contributed by atoms with Crippen LogP contribution in [0, 0.1) is 0 Å². The molecule has 1 saturated carbocycles. The molecule has 0 unspecified atom stereocenters. The monoisotopic (exact) mass is 318 g/mol. The van der Waals surface area contributed by atoms with E-state index in [4.69, 9.17) is 9.72 Å². The van der Waals surface area contributed by atoms with E-state index in [0.29, 0.717) is 6.54 Å². The number of hydrogen-bond donors (Lipinski definition) is 2. The van der Waals surface area contributed by atoms with E-state index in [-0.39, 0.29) is 12.1 Å². The van der Waals surface area contributed by atoms with Gasteiger partial charge in [-0.15, -0.1) is 11.3 Å². The Morgan fingerprint density at radius 2 is 2.09 bits per heavy atom. The van der Waals surface area contributed by atoms with Gasteiger partial charge in [-0.3, -0.25) is 0 Å². The third-order valence-corrected chi connectivity index (χ3v) is 5.32. The second-order valence-corrected chi connectivity index (χ2v) is 6.70. The van der Waals surface area contributed by atoms with E-state index in [9.17, 15) is 5.11 Å². The zero-order valence-electron chi connectivity index (χ0n) is 12.8. The summed E-state index contributed by atoms with van der Waals surface area (Å²) in [5.74, 6) is 0.846. The molecule has 1 aromatic carbocycles. The molecule has 118 valence electrons. The number of aliphatic hydroxyl groups excluding tert-OH is 1. The van der Waals surface area contributed by atoms with Crippen LogP contribution >= 0.6 is 11.3 Å². The molecule has 5 heteroatoms. The van der Waals surface area contributed by atoms with Crippen molar-refractivity contribution < 1.29 is 9.84 Å². The average molecular weight is 318 g/mol. The molecular weight excluding hydrogens is 296 g/mol. The van der Waals surface area contributed by atoms with Gasteiger partial charge in [0.1, 0.15) is 10.8 Å². The number of nitrogens with one attached hydrogen (secondary N) is 1. The SMILES string of the molecule is COc1ccccc1-c1nc(CNC2(CO)CCCC2)cs1. The Bertz CT molecular complexity index is 621. The second-order valence-electron chi connectivity index (χ2n) is 5.84. The fraction of sp³-hybridized carbons (Fsp3) is 0.471. The van der Waals surface area contributed by atoms with Gasteiger partial charge >= 0.3 is 0 Å². The standard InChI is InChI=1S/C17H22N2O2S/c1-21-15-7-3-2-6-14(15)16-19-13(11-22-16)10-18-17(12-20)8-4-5-9-17/h2-3,6-7,11,18,20H,4-5,8-10,12H2,1H3. The van der Waals surface area contributed by atoms with Crippen LogP contribution in [0.3, 0.4) is 0 Å². The average Bonchev–Trinajstić information content (AvgIpc) is 3.23. The fourth-order valence-corrected chi connectivity index (χ4v) is 3.90. The predicted octanol–water partition coefficient (Wildman–Crippen LogP) is 3.21. The third-order valence-electron chi connectivity index (χ3n) is 4.40. The summed E-state index contributed by atoms with van der Waals surface area (Å²) in [5, 5.41) is 16.2. The summed E-state index contributed by atoms with van der Waals surface area (Å²) >= 11 is 1.63. The Balaban J connectivity index is 1.71. The molecule has 0 aliphatic heterocycles. The maximum Gasteiger partial charge on any atom is 0.129 e. The van der Waals surface area contributed by atoms with Crippen molar-refractivity contribution in [3.8, 4) is 16.3 Å². The van der Waals surface area contributed by atoms with Crippen LogP contribution in [-0.4, -0.2) is 29.3 Å². The van der Waals surface area contributed by atoms with Crippen molar-refractivity contribution in [2.75, 3.05) is 13.7 Å². The molecule has 1 aliphatic carbocycles. The minimum absolute atomic E-state index is 0.103. The van der Waals surface area contributed by atoms with Crippen LogP contribution in [0.5, 0.6) is 5.75 Å². The molecule has 0 saturated heterocycles. The van der Waals surface area contributed by atoms with E-state index in [1.807, 2.05) is 24.3 Å². The number of hydrogen-bond acceptors (Lipinski definition) is 5. The first-order valence-electron chi connectivity index (χ1n) is 7.70. The Labute approximate surface area is 135 Å². The first-order chi connectivity index (χ1) is 10.8. The number of ether oxygens (including phenoxy) is 1. The van der Waals surface area contributed by atoms with Crippen molar-refractivity contribution >= 4 is 11.3 Å². The Hall–Kier alpha value is -1.43. The summed E-state index contributed by atoms with van der Waals surface area (Å²) in [4.78, 5) is 4.71. The van der Waals surface area contributed by atoms with Crippen molar-refractivity contribution in [1.29, 1.82) is 0 Å². The smallest absolute Gasteiger partial charge is 0.129 e. The first kappa shape index (κ1) is 15.5. The Morgan fingerprint density at radius 3 is 2.82 bits per heavy atom. The number of nitrogens with zero attached hydrogens (tertiary/aromatic N) is 1. The van der Waals surface area contributed by atoms with Gasteiger partial charge in [-0.05, 0) is 25.0 Å². The summed E-state index contributed by atoms with van der Waals surface area (Å²) in [6.45, 7) is 0.905. The number of para-hydroxylation sites is 1. The van der Waals surface area contributed by atoms with Crippen molar-refractivity contribution in [2.45, 2.75) is 37.8 Å². The number of aliphatic hydroxyl groups is 1. The van der Waals surface area contributed by atoms with Gasteiger partial charge in [-0.2, -0.15) is 0 Å². The van der Waals surface area contributed by atoms with Gasteiger partial charge in [-0.25, -0.2) is 4.98 Å². The lowest BCUT2D eigenvalue weighted by atomic mass is 9.99. The van der Waals surface area contributed by atoms with Gasteiger partial charge in [0.05, 0.1) is 25.0 Å². The molecule has 0 radical (unpaired) electrons. The second kappa shape index (κ2) is 6.77. The predicted molar refractivity (Wildman–Crippen MR) is 89.2 cm³/mol. The molecule has 3 rings (SSSR count). The van der Waals surface area contributed by atoms with Crippen LogP contribution in [0.25, 0.3) is 10.6 Å². The molecule has 1 heterocycles. The van der Waals surface area contributed by atoms with Crippen LogP contribution in [0.15, 0.2) is 29.6 Å². The Morgan fingerprint density at radius 1 is 1.32 bits per heavy atom. The molecule has 1 fully saturated rings. The highest BCUT2D eigenvalue weighted by Crippen LogP contribution is 2.33. The number of methoxy groups -OCH3 is 1. The number of benzene rings is 1. The van der Waals surface area contributed by atoms with Gasteiger partial charge in [0.2, 0.25) is 0 Å². The lowest BCUT2D eigenvalue weighted by Gasteiger charge is -2.27. The van der Waals surface area contributed by atoms with Crippen LogP contribution in [0.2, 0.25) is 0 Å². The van der Waals surface area contributed by atoms with Crippen molar-refractivity contribution in [2.24, 2.45) is 0 Å². The van der Waals surface area contributed by atoms with Gasteiger partial charge < -0.3 is 15.2 Å². The van der Waals surface area contributed by atoms with Gasteiger partial charge in [-0.1, -0.05) is 25.0 Å². The Kier molecular flexibility index (Phi) is 4.76. The fourth-order valence-electron chi connectivity index (χ4n) is 3.05. The van der Waals surface area contributed by atoms with Crippen LogP contribution in [-0.2, 0) is 6.54 Å². The zero-order chi connectivity index (χ0) is 15.4. The van der Waals surface area contributed by atoms with E-state index in [1.54, 1.807) is 18.4 Å². The molecule has 0 atom stereocenters. The van der Waals surface area contributed by atoms with E-state index in [0.717, 1.165) is 34.9 Å². The van der Waals surface area contributed by atoms with Gasteiger partial charge in [0.15, 0.2) is 0 Å². The zero-order valence-corrected chi connectivity index (χ0v) is 13.7. The summed E-state index contributed by atoms with van der Waals surface area (Å²) in [7, 11) is 1.68. The highest BCUT2D eigenvalue weighted by Gasteiger charge is 2.32. The van der Waals surface area contributed by atoms with Gasteiger partial charge in [0, 0.05) is 17.5 Å². The van der Waals surface area contributed by atoms with Crippen LogP contribution in [0.4, 0.5) is 0 Å². The summed E-state index contributed by atoms with van der Waals surface area (Å²) < 4.78 is 5.40. The molecule has 2 aromatic rings. The number of thiazole rings is 1. The van der Waals surface area contributed by atoms with Crippen LogP contribution < -0.4 is 10.1 Å². The number of aromatic nitrogens is 1. The van der Waals surface area contributed by atoms with E-state index >= 15 is 0 Å². The molecule has 0 bridgehead atoms. The molecule has 2 N–H and O–H groups in total. The van der Waals surface area contributed by atoms with Gasteiger partial charge in [0.25, 0.3) is 0 Å². The maximum absolute atomic E-state index is 9.65. The molecule has 22 heavy (non-hydrogen) atoms. The quantitative estimate of drug-likeness (QED) is 0.859. The normalized spacial score (nSPS) is 16.8. The molecule has 1 aromatic heterocycles. The summed E-state index contributed by atoms with van der Waals surface area (Å²) in [6.07, 6.45) is 4.48.